The van der Waals surface area contributed by atoms with E-state index in [2.05, 4.69) is 11.9 Å². The number of ether oxygens (including phenoxy) is 1. The number of hydrogen-bond donors (Lipinski definition) is 2. The van der Waals surface area contributed by atoms with Gasteiger partial charge in [-0.1, -0.05) is 12.2 Å². The maximum Gasteiger partial charge on any atom is 0.340 e. The van der Waals surface area contributed by atoms with E-state index >= 15 is 0 Å². The third kappa shape index (κ3) is 2.60. The second-order valence-corrected chi connectivity index (χ2v) is 5.18. The summed E-state index contributed by atoms with van der Waals surface area (Å²) < 4.78 is 5.43. The van der Waals surface area contributed by atoms with Gasteiger partial charge in [0.1, 0.15) is 22.8 Å². The first kappa shape index (κ1) is 14.7. The first-order chi connectivity index (χ1) is 9.62. The van der Waals surface area contributed by atoms with Crippen LogP contribution in [0.5, 0.6) is 0 Å². The van der Waals surface area contributed by atoms with Gasteiger partial charge in [-0.15, -0.1) is 0 Å². The third-order valence-electron chi connectivity index (χ3n) is 3.65. The van der Waals surface area contributed by atoms with Crippen molar-refractivity contribution in [2.45, 2.75) is 26.8 Å². The number of nitriles is 1. The largest absolute Gasteiger partial charge is 0.462 e. The molecule has 2 N–H and O–H groups in total. The minimum Gasteiger partial charge on any atom is -0.462 e. The van der Waals surface area contributed by atoms with Gasteiger partial charge in [-0.25, -0.2) is 4.79 Å². The summed E-state index contributed by atoms with van der Waals surface area (Å²) in [6, 6.07) is 2.04. The van der Waals surface area contributed by atoms with Gasteiger partial charge in [0.25, 0.3) is 0 Å². The van der Waals surface area contributed by atoms with Gasteiger partial charge in [0.15, 0.2) is 0 Å². The van der Waals surface area contributed by atoms with Crippen LogP contribution in [0.25, 0.3) is 0 Å². The Morgan fingerprint density at radius 1 is 1.55 bits per heavy atom. The van der Waals surface area contributed by atoms with Gasteiger partial charge in [0.2, 0.25) is 0 Å². The van der Waals surface area contributed by atoms with Crippen molar-refractivity contribution in [2.75, 3.05) is 19.7 Å². The van der Waals surface area contributed by atoms with Crippen LogP contribution in [0.15, 0.2) is 0 Å². The number of carbonyl (C=O) groups excluding carboxylic acids is 1. The van der Waals surface area contributed by atoms with Crippen LogP contribution in [0.2, 0.25) is 0 Å². The zero-order chi connectivity index (χ0) is 14.7. The molecule has 20 heavy (non-hydrogen) atoms. The summed E-state index contributed by atoms with van der Waals surface area (Å²) in [6.45, 7) is 6.86. The van der Waals surface area contributed by atoms with Gasteiger partial charge in [0.05, 0.1) is 25.3 Å². The van der Waals surface area contributed by atoms with Crippen LogP contribution in [0.4, 0.5) is 0 Å². The van der Waals surface area contributed by atoms with E-state index in [1.165, 1.54) is 4.90 Å². The molecule has 0 saturated carbocycles. The number of pyridine rings is 1. The Kier molecular flexibility index (Phi) is 4.53. The molecule has 2 heterocycles. The highest BCUT2D eigenvalue weighted by atomic mass is 32.1. The lowest BCUT2D eigenvalue weighted by Gasteiger charge is -2.26. The zero-order valence-electron chi connectivity index (χ0n) is 11.7. The maximum atomic E-state index is 12.2. The van der Waals surface area contributed by atoms with E-state index in [-0.39, 0.29) is 12.2 Å². The fourth-order valence-corrected chi connectivity index (χ4v) is 2.85. The number of aromatic nitrogens is 1. The topological polar surface area (TPSA) is 70.3 Å². The molecule has 0 amide bonds. The summed E-state index contributed by atoms with van der Waals surface area (Å²) in [4.78, 5) is 16.7. The SMILES string of the molecule is CCOC(=O)c1c2c([nH]c(=S)c1C#N)CC[NH+](CC)C2. The van der Waals surface area contributed by atoms with Crippen molar-refractivity contribution in [2.24, 2.45) is 0 Å². The zero-order valence-corrected chi connectivity index (χ0v) is 12.5. The number of aromatic amines is 1. The molecule has 0 radical (unpaired) electrons. The van der Waals surface area contributed by atoms with Crippen molar-refractivity contribution in [3.8, 4) is 6.07 Å². The van der Waals surface area contributed by atoms with Crippen LogP contribution in [0.3, 0.4) is 0 Å². The van der Waals surface area contributed by atoms with Gasteiger partial charge < -0.3 is 14.6 Å². The molecule has 6 heteroatoms. The summed E-state index contributed by atoms with van der Waals surface area (Å²) in [5.41, 5.74) is 2.44. The van der Waals surface area contributed by atoms with Crippen LogP contribution in [0, 0.1) is 16.0 Å². The lowest BCUT2D eigenvalue weighted by molar-refractivity contribution is -0.914. The van der Waals surface area contributed by atoms with Crippen molar-refractivity contribution in [1.82, 2.24) is 4.98 Å². The summed E-state index contributed by atoms with van der Waals surface area (Å²) in [5.74, 6) is -0.447. The van der Waals surface area contributed by atoms with Crippen LogP contribution < -0.4 is 4.90 Å². The van der Waals surface area contributed by atoms with Crippen molar-refractivity contribution < 1.29 is 14.4 Å². The van der Waals surface area contributed by atoms with E-state index in [0.29, 0.717) is 10.2 Å². The molecule has 1 aliphatic rings. The summed E-state index contributed by atoms with van der Waals surface area (Å²) in [6.07, 6.45) is 0.834. The lowest BCUT2D eigenvalue weighted by Crippen LogP contribution is -3.11. The molecule has 0 aliphatic carbocycles. The number of likely N-dealkylation sites (N-methyl/N-ethyl adjacent to an activating group) is 1. The lowest BCUT2D eigenvalue weighted by atomic mass is 9.96. The Labute approximate surface area is 123 Å². The molecule has 106 valence electrons. The van der Waals surface area contributed by atoms with E-state index in [1.807, 2.05) is 6.07 Å². The Morgan fingerprint density at radius 3 is 2.90 bits per heavy atom. The monoisotopic (exact) mass is 292 g/mol. The van der Waals surface area contributed by atoms with E-state index < -0.39 is 5.97 Å². The van der Waals surface area contributed by atoms with Crippen LogP contribution >= 0.6 is 12.2 Å². The van der Waals surface area contributed by atoms with Gasteiger partial charge in [-0.05, 0) is 13.8 Å². The predicted molar refractivity (Wildman–Crippen MR) is 76.1 cm³/mol. The molecular weight excluding hydrogens is 274 g/mol. The average molecular weight is 292 g/mol. The fourth-order valence-electron chi connectivity index (χ4n) is 2.58. The third-order valence-corrected chi connectivity index (χ3v) is 3.96. The normalized spacial score (nSPS) is 17.1. The highest BCUT2D eigenvalue weighted by molar-refractivity contribution is 7.71. The molecule has 2 rings (SSSR count). The van der Waals surface area contributed by atoms with Gasteiger partial charge in [0, 0.05) is 17.7 Å². The summed E-state index contributed by atoms with van der Waals surface area (Å²) >= 11 is 5.19. The second kappa shape index (κ2) is 6.16. The van der Waals surface area contributed by atoms with Gasteiger partial charge in [-0.2, -0.15) is 5.26 Å². The van der Waals surface area contributed by atoms with Gasteiger partial charge in [-0.3, -0.25) is 0 Å². The highest BCUT2D eigenvalue weighted by Gasteiger charge is 2.28. The molecule has 1 aromatic rings. The van der Waals surface area contributed by atoms with Crippen LogP contribution in [0.1, 0.15) is 41.0 Å². The number of hydrogen-bond acceptors (Lipinski definition) is 4. The fraction of sp³-hybridized carbons (Fsp3) is 0.500. The van der Waals surface area contributed by atoms with Crippen LogP contribution in [-0.2, 0) is 17.7 Å². The number of esters is 1. The minimum absolute atomic E-state index is 0.231. The Balaban J connectivity index is 2.62. The Morgan fingerprint density at radius 2 is 2.30 bits per heavy atom. The van der Waals surface area contributed by atoms with Crippen molar-refractivity contribution in [1.29, 1.82) is 5.26 Å². The maximum absolute atomic E-state index is 12.2. The average Bonchev–Trinajstić information content (AvgIpc) is 2.45. The van der Waals surface area contributed by atoms with E-state index in [9.17, 15) is 10.1 Å². The van der Waals surface area contributed by atoms with Gasteiger partial charge >= 0.3 is 5.97 Å². The molecule has 0 saturated heterocycles. The first-order valence-electron chi connectivity index (χ1n) is 6.81. The van der Waals surface area contributed by atoms with E-state index in [0.717, 1.165) is 37.3 Å². The molecule has 1 aromatic heterocycles. The molecule has 1 atom stereocenters. The molecule has 5 nitrogen and oxygen atoms in total. The Hall–Kier alpha value is -1.71. The highest BCUT2D eigenvalue weighted by Crippen LogP contribution is 2.21. The van der Waals surface area contributed by atoms with Crippen LogP contribution in [-0.4, -0.2) is 30.6 Å². The predicted octanol–water partition coefficient (Wildman–Crippen LogP) is 0.753. The number of quaternary nitrogens is 1. The van der Waals surface area contributed by atoms with Crippen molar-refractivity contribution >= 4 is 18.2 Å². The smallest absolute Gasteiger partial charge is 0.340 e. The minimum atomic E-state index is -0.447. The quantitative estimate of drug-likeness (QED) is 0.637. The number of nitrogens with one attached hydrogen (secondary N) is 2. The number of rotatable bonds is 3. The Bertz CT molecular complexity index is 631. The molecule has 1 unspecified atom stereocenters. The molecular formula is C14H18N3O2S+. The number of fused-ring (bicyclic) bond motifs is 1. The first-order valence-corrected chi connectivity index (χ1v) is 7.21. The van der Waals surface area contributed by atoms with E-state index in [1.54, 1.807) is 6.92 Å². The molecule has 0 aromatic carbocycles. The van der Waals surface area contributed by atoms with Crippen molar-refractivity contribution in [3.05, 3.63) is 27.0 Å². The standard InChI is InChI=1S/C14H17N3O2S/c1-3-17-6-5-11-10(8-17)12(14(18)19-4-2)9(7-15)13(20)16-11/h3-6,8H2,1-2H3,(H,16,20)/p+1. The number of carbonyl (C=O) groups is 1. The summed E-state index contributed by atoms with van der Waals surface area (Å²) in [5, 5.41) is 9.29. The molecule has 0 spiro atoms. The van der Waals surface area contributed by atoms with E-state index in [4.69, 9.17) is 17.0 Å². The number of H-pyrrole nitrogens is 1. The molecule has 0 bridgehead atoms. The second-order valence-electron chi connectivity index (χ2n) is 4.77. The number of nitrogens with zero attached hydrogens (tertiary/aromatic N) is 1. The summed E-state index contributed by atoms with van der Waals surface area (Å²) in [7, 11) is 0. The van der Waals surface area contributed by atoms with Crippen molar-refractivity contribution in [3.63, 3.8) is 0 Å². The molecule has 0 fully saturated rings. The molecule has 1 aliphatic heterocycles.